The number of amides is 1. The number of hydrogen-bond acceptors (Lipinski definition) is 6. The number of carbonyl (C=O) groups excluding carboxylic acids is 1. The van der Waals surface area contributed by atoms with E-state index in [2.05, 4.69) is 10.2 Å². The Hall–Kier alpha value is -3.72. The second-order valence-electron chi connectivity index (χ2n) is 9.18. The molecular weight excluding hydrogens is 452 g/mol. The van der Waals surface area contributed by atoms with Gasteiger partial charge in [-0.3, -0.25) is 4.79 Å². The van der Waals surface area contributed by atoms with Crippen molar-refractivity contribution in [1.82, 2.24) is 15.0 Å². The van der Waals surface area contributed by atoms with Crippen molar-refractivity contribution < 1.29 is 18.3 Å². The van der Waals surface area contributed by atoms with E-state index >= 15 is 0 Å². The summed E-state index contributed by atoms with van der Waals surface area (Å²) in [4.78, 5) is 12.9. The first-order valence-electron chi connectivity index (χ1n) is 10.8. The number of aryl methyl sites for hydroxylation is 1. The van der Waals surface area contributed by atoms with Gasteiger partial charge in [0.05, 0.1) is 9.79 Å². The fourth-order valence-corrected chi connectivity index (χ4v) is 5.02. The lowest BCUT2D eigenvalue weighted by atomic mass is 9.84. The highest BCUT2D eigenvalue weighted by molar-refractivity contribution is 7.91. The quantitative estimate of drug-likeness (QED) is 0.435. The predicted molar refractivity (Wildman–Crippen MR) is 129 cm³/mol. The zero-order valence-corrected chi connectivity index (χ0v) is 20.0. The maximum atomic E-state index is 13.0. The van der Waals surface area contributed by atoms with E-state index in [-0.39, 0.29) is 27.4 Å². The van der Waals surface area contributed by atoms with Gasteiger partial charge in [0.25, 0.3) is 0 Å². The minimum Gasteiger partial charge on any atom is -0.505 e. The van der Waals surface area contributed by atoms with E-state index in [1.54, 1.807) is 42.5 Å². The topological polar surface area (TPSA) is 128 Å². The molecule has 3 aromatic carbocycles. The van der Waals surface area contributed by atoms with E-state index < -0.39 is 15.7 Å². The smallest absolute Gasteiger partial charge is 0.217 e. The molecule has 0 aliphatic heterocycles. The van der Waals surface area contributed by atoms with Crippen LogP contribution < -0.4 is 5.73 Å². The summed E-state index contributed by atoms with van der Waals surface area (Å²) in [6.07, 6.45) is 0.578. The van der Waals surface area contributed by atoms with Crippen LogP contribution in [0, 0.1) is 0 Å². The molecule has 0 radical (unpaired) electrons. The lowest BCUT2D eigenvalue weighted by Crippen LogP contribution is -2.15. The maximum absolute atomic E-state index is 13.0. The molecular formula is C25H26N4O4S. The molecule has 0 saturated heterocycles. The summed E-state index contributed by atoms with van der Waals surface area (Å²) < 4.78 is 26.0. The van der Waals surface area contributed by atoms with E-state index in [4.69, 9.17) is 5.73 Å². The fraction of sp³-hybridized carbons (Fsp3) is 0.240. The first-order valence-corrected chi connectivity index (χ1v) is 12.3. The standard InChI is InChI=1S/C25H26N4O4S/c1-25(2,3)19-13-16(9-12-23(26)30)14-22(24(19)31)29-27-20-11-10-18(15-21(20)28-29)34(32,33)17-7-5-4-6-8-17/h4-8,10-11,13-15,31H,9,12H2,1-3H3,(H2,26,30). The van der Waals surface area contributed by atoms with E-state index in [1.165, 1.54) is 16.9 Å². The predicted octanol–water partition coefficient (Wildman–Crippen LogP) is 3.67. The zero-order valence-electron chi connectivity index (χ0n) is 19.2. The van der Waals surface area contributed by atoms with Crippen LogP contribution in [0.3, 0.4) is 0 Å². The Morgan fingerprint density at radius 2 is 1.65 bits per heavy atom. The summed E-state index contributed by atoms with van der Waals surface area (Å²) in [5.74, 6) is -0.394. The highest BCUT2D eigenvalue weighted by Gasteiger charge is 2.24. The van der Waals surface area contributed by atoms with Crippen molar-refractivity contribution in [3.05, 3.63) is 71.8 Å². The van der Waals surface area contributed by atoms with Gasteiger partial charge in [-0.2, -0.15) is 0 Å². The van der Waals surface area contributed by atoms with Crippen LogP contribution in [-0.4, -0.2) is 34.4 Å². The number of carbonyl (C=O) groups is 1. The van der Waals surface area contributed by atoms with Crippen LogP contribution in [0.25, 0.3) is 16.7 Å². The van der Waals surface area contributed by atoms with Crippen LogP contribution in [0.4, 0.5) is 0 Å². The highest BCUT2D eigenvalue weighted by atomic mass is 32.2. The Kier molecular flexibility index (Phi) is 5.91. The number of aromatic nitrogens is 3. The Bertz CT molecular complexity index is 1490. The number of primary amides is 1. The number of sulfone groups is 1. The molecule has 0 aliphatic rings. The summed E-state index contributed by atoms with van der Waals surface area (Å²) in [5, 5.41) is 20.0. The minimum atomic E-state index is -3.71. The number of phenols is 1. The van der Waals surface area contributed by atoms with Gasteiger partial charge in [0, 0.05) is 12.0 Å². The maximum Gasteiger partial charge on any atom is 0.217 e. The van der Waals surface area contributed by atoms with Crippen molar-refractivity contribution in [2.45, 2.75) is 48.8 Å². The molecule has 0 saturated carbocycles. The molecule has 0 fully saturated rings. The van der Waals surface area contributed by atoms with Crippen LogP contribution in [0.5, 0.6) is 5.75 Å². The lowest BCUT2D eigenvalue weighted by molar-refractivity contribution is -0.117. The van der Waals surface area contributed by atoms with Gasteiger partial charge in [0.2, 0.25) is 15.7 Å². The molecule has 1 amide bonds. The fourth-order valence-electron chi connectivity index (χ4n) is 3.72. The third-order valence-corrected chi connectivity index (χ3v) is 7.32. The van der Waals surface area contributed by atoms with Crippen molar-refractivity contribution in [3.63, 3.8) is 0 Å². The van der Waals surface area contributed by atoms with Gasteiger partial charge in [-0.15, -0.1) is 15.0 Å². The third-order valence-electron chi connectivity index (χ3n) is 5.55. The normalized spacial score (nSPS) is 12.2. The summed E-state index contributed by atoms with van der Waals surface area (Å²) in [5.41, 5.74) is 7.62. The largest absolute Gasteiger partial charge is 0.505 e. The van der Waals surface area contributed by atoms with Crippen LogP contribution in [0.15, 0.2) is 70.5 Å². The molecule has 1 aromatic heterocycles. The van der Waals surface area contributed by atoms with Gasteiger partial charge in [0.15, 0.2) is 0 Å². The van der Waals surface area contributed by atoms with Gasteiger partial charge < -0.3 is 10.8 Å². The molecule has 0 bridgehead atoms. The summed E-state index contributed by atoms with van der Waals surface area (Å²) in [6.45, 7) is 5.91. The van der Waals surface area contributed by atoms with Crippen LogP contribution in [-0.2, 0) is 26.5 Å². The highest BCUT2D eigenvalue weighted by Crippen LogP contribution is 2.36. The monoisotopic (exact) mass is 478 g/mol. The van der Waals surface area contributed by atoms with Gasteiger partial charge in [0.1, 0.15) is 22.5 Å². The van der Waals surface area contributed by atoms with Gasteiger partial charge in [-0.1, -0.05) is 45.0 Å². The number of aromatic hydroxyl groups is 1. The van der Waals surface area contributed by atoms with Crippen LogP contribution in [0.2, 0.25) is 0 Å². The van der Waals surface area contributed by atoms with Crippen LogP contribution in [0.1, 0.15) is 38.3 Å². The number of nitrogens with two attached hydrogens (primary N) is 1. The van der Waals surface area contributed by atoms with E-state index in [1.807, 2.05) is 26.8 Å². The number of phenolic OH excluding ortho intramolecular Hbond substituents is 1. The molecule has 34 heavy (non-hydrogen) atoms. The van der Waals surface area contributed by atoms with Gasteiger partial charge >= 0.3 is 0 Å². The summed E-state index contributed by atoms with van der Waals surface area (Å²) in [6, 6.07) is 16.3. The average molecular weight is 479 g/mol. The van der Waals surface area contributed by atoms with Gasteiger partial charge in [-0.25, -0.2) is 8.42 Å². The molecule has 0 aliphatic carbocycles. The number of fused-ring (bicyclic) bond motifs is 1. The SMILES string of the molecule is CC(C)(C)c1cc(CCC(N)=O)cc(-n2nc3ccc(S(=O)(=O)c4ccccc4)cc3n2)c1O. The van der Waals surface area contributed by atoms with Crippen molar-refractivity contribution in [1.29, 1.82) is 0 Å². The van der Waals surface area contributed by atoms with E-state index in [0.717, 1.165) is 5.56 Å². The Morgan fingerprint density at radius 3 is 2.29 bits per heavy atom. The van der Waals surface area contributed by atoms with E-state index in [9.17, 15) is 18.3 Å². The first-order chi connectivity index (χ1) is 16.0. The second-order valence-corrected chi connectivity index (χ2v) is 11.1. The molecule has 1 heterocycles. The molecule has 4 rings (SSSR count). The van der Waals surface area contributed by atoms with Crippen molar-refractivity contribution in [3.8, 4) is 11.4 Å². The minimum absolute atomic E-state index is 0.0211. The Morgan fingerprint density at radius 1 is 0.971 bits per heavy atom. The van der Waals surface area contributed by atoms with Crippen molar-refractivity contribution >= 4 is 26.8 Å². The molecule has 8 nitrogen and oxygen atoms in total. The number of benzene rings is 3. The number of hydrogen-bond donors (Lipinski definition) is 2. The lowest BCUT2D eigenvalue weighted by Gasteiger charge is -2.23. The zero-order chi connectivity index (χ0) is 24.7. The average Bonchev–Trinajstić information content (AvgIpc) is 3.21. The summed E-state index contributed by atoms with van der Waals surface area (Å²) in [7, 11) is -3.71. The molecule has 0 atom stereocenters. The second kappa shape index (κ2) is 8.57. The molecule has 0 unspecified atom stereocenters. The number of nitrogens with zero attached hydrogens (tertiary/aromatic N) is 3. The van der Waals surface area contributed by atoms with Crippen molar-refractivity contribution in [2.75, 3.05) is 0 Å². The van der Waals surface area contributed by atoms with Crippen LogP contribution >= 0.6 is 0 Å². The number of rotatable bonds is 6. The summed E-state index contributed by atoms with van der Waals surface area (Å²) >= 11 is 0. The van der Waals surface area contributed by atoms with E-state index in [0.29, 0.717) is 28.7 Å². The molecule has 4 aromatic rings. The van der Waals surface area contributed by atoms with Gasteiger partial charge in [-0.05, 0) is 53.8 Å². The Labute approximate surface area is 197 Å². The third kappa shape index (κ3) is 4.51. The molecule has 176 valence electrons. The molecule has 3 N–H and O–H groups in total. The molecule has 9 heteroatoms. The van der Waals surface area contributed by atoms with Crippen molar-refractivity contribution in [2.24, 2.45) is 5.73 Å². The Balaban J connectivity index is 1.82. The molecule has 0 spiro atoms. The first kappa shape index (κ1) is 23.4.